The van der Waals surface area contributed by atoms with E-state index in [1.807, 2.05) is 6.07 Å². The lowest BCUT2D eigenvalue weighted by Gasteiger charge is -2.17. The fourth-order valence-electron chi connectivity index (χ4n) is 2.98. The summed E-state index contributed by atoms with van der Waals surface area (Å²) in [5.41, 5.74) is 2.03. The van der Waals surface area contributed by atoms with Gasteiger partial charge >= 0.3 is 5.97 Å². The molecular formula is C19H18ClFN2O2S. The lowest BCUT2D eigenvalue weighted by atomic mass is 10.1. The number of hydrogen-bond acceptors (Lipinski definition) is 3. The maximum Gasteiger partial charge on any atom is 0.339 e. The Balaban J connectivity index is 1.43. The van der Waals surface area contributed by atoms with Crippen LogP contribution in [0.4, 0.5) is 4.39 Å². The summed E-state index contributed by atoms with van der Waals surface area (Å²) in [6.45, 7) is 0.520. The molecule has 0 bridgehead atoms. The number of halogens is 2. The Hall–Kier alpha value is -2.18. The molecule has 2 N–H and O–H groups in total. The summed E-state index contributed by atoms with van der Waals surface area (Å²) < 4.78 is 18.9. The van der Waals surface area contributed by atoms with E-state index in [0.717, 1.165) is 17.5 Å². The first kappa shape index (κ1) is 18.6. The van der Waals surface area contributed by atoms with Crippen LogP contribution in [0.2, 0.25) is 5.02 Å². The highest BCUT2D eigenvalue weighted by Crippen LogP contribution is 2.32. The average molecular weight is 393 g/mol. The summed E-state index contributed by atoms with van der Waals surface area (Å²) in [6, 6.07) is 11.8. The van der Waals surface area contributed by atoms with Crippen LogP contribution in [-0.2, 0) is 11.2 Å². The predicted octanol–water partition coefficient (Wildman–Crippen LogP) is 3.79. The molecule has 0 saturated heterocycles. The Morgan fingerprint density at radius 1 is 1.27 bits per heavy atom. The highest BCUT2D eigenvalue weighted by Gasteiger charge is 2.25. The lowest BCUT2D eigenvalue weighted by Crippen LogP contribution is -2.38. The number of carbonyl (C=O) groups excluding carboxylic acids is 1. The molecule has 0 aromatic heterocycles. The minimum atomic E-state index is -0.475. The molecule has 1 unspecified atom stereocenters. The Kier molecular flexibility index (Phi) is 6.06. The van der Waals surface area contributed by atoms with Crippen molar-refractivity contribution in [1.29, 1.82) is 0 Å². The first-order valence-electron chi connectivity index (χ1n) is 8.29. The third kappa shape index (κ3) is 4.31. The maximum absolute atomic E-state index is 13.8. The third-order valence-electron chi connectivity index (χ3n) is 4.23. The number of benzene rings is 2. The first-order chi connectivity index (χ1) is 12.6. The van der Waals surface area contributed by atoms with Crippen LogP contribution in [-0.4, -0.2) is 24.2 Å². The van der Waals surface area contributed by atoms with Crippen LogP contribution < -0.4 is 10.6 Å². The highest BCUT2D eigenvalue weighted by atomic mass is 35.5. The van der Waals surface area contributed by atoms with Crippen molar-refractivity contribution >= 4 is 34.9 Å². The van der Waals surface area contributed by atoms with Crippen LogP contribution in [0, 0.1) is 5.82 Å². The fourth-order valence-corrected chi connectivity index (χ4v) is 3.44. The Labute approximate surface area is 161 Å². The first-order valence-corrected chi connectivity index (χ1v) is 9.08. The molecule has 0 amide bonds. The molecule has 0 heterocycles. The molecule has 26 heavy (non-hydrogen) atoms. The van der Waals surface area contributed by atoms with E-state index in [1.54, 1.807) is 30.3 Å². The van der Waals surface area contributed by atoms with Gasteiger partial charge in [0.25, 0.3) is 0 Å². The fraction of sp³-hybridized carbons (Fsp3) is 0.263. The zero-order valence-electron chi connectivity index (χ0n) is 13.9. The summed E-state index contributed by atoms with van der Waals surface area (Å²) >= 11 is 11.2. The average Bonchev–Trinajstić information content (AvgIpc) is 3.03. The minimum Gasteiger partial charge on any atom is -0.460 e. The van der Waals surface area contributed by atoms with E-state index in [1.165, 1.54) is 6.07 Å². The van der Waals surface area contributed by atoms with Crippen molar-refractivity contribution in [3.05, 3.63) is 70.0 Å². The summed E-state index contributed by atoms with van der Waals surface area (Å²) in [5.74, 6) is -0.645. The zero-order chi connectivity index (χ0) is 18.5. The van der Waals surface area contributed by atoms with Crippen molar-refractivity contribution in [2.24, 2.45) is 0 Å². The van der Waals surface area contributed by atoms with Gasteiger partial charge in [-0.2, -0.15) is 0 Å². The van der Waals surface area contributed by atoms with Gasteiger partial charge in [0.2, 0.25) is 0 Å². The van der Waals surface area contributed by atoms with E-state index in [4.69, 9.17) is 28.6 Å². The number of thiocarbonyl (C=S) groups is 1. The molecule has 2 aromatic carbocycles. The van der Waals surface area contributed by atoms with Crippen molar-refractivity contribution < 1.29 is 13.9 Å². The molecule has 0 aliphatic heterocycles. The summed E-state index contributed by atoms with van der Waals surface area (Å²) in [5, 5.41) is 6.98. The van der Waals surface area contributed by atoms with Gasteiger partial charge in [-0.3, -0.25) is 0 Å². The van der Waals surface area contributed by atoms with E-state index in [0.29, 0.717) is 28.7 Å². The molecule has 0 radical (unpaired) electrons. The molecule has 4 nitrogen and oxygen atoms in total. The van der Waals surface area contributed by atoms with Crippen LogP contribution in [0.15, 0.2) is 42.5 Å². The smallest absolute Gasteiger partial charge is 0.339 e. The van der Waals surface area contributed by atoms with Crippen molar-refractivity contribution in [2.45, 2.75) is 18.9 Å². The molecule has 7 heteroatoms. The predicted molar refractivity (Wildman–Crippen MR) is 103 cm³/mol. The number of ether oxygens (including phenoxy) is 1. The molecule has 0 fully saturated rings. The molecule has 0 spiro atoms. The largest absolute Gasteiger partial charge is 0.460 e. The van der Waals surface area contributed by atoms with Crippen molar-refractivity contribution in [2.75, 3.05) is 13.2 Å². The van der Waals surface area contributed by atoms with Crippen LogP contribution in [0.5, 0.6) is 0 Å². The maximum atomic E-state index is 13.8. The standard InChI is InChI=1S/C19H18ClFN2O2S/c20-15-6-2-1-4-14(15)18(24)25-11-10-22-19(26)23-17-9-8-12-13(17)5-3-7-16(12)21/h1-7,17H,8-11H2,(H2,22,23,26). The van der Waals surface area contributed by atoms with E-state index in [2.05, 4.69) is 10.6 Å². The molecule has 136 valence electrons. The second-order valence-electron chi connectivity index (χ2n) is 5.91. The molecule has 2 aromatic rings. The van der Waals surface area contributed by atoms with E-state index in [-0.39, 0.29) is 18.5 Å². The second-order valence-corrected chi connectivity index (χ2v) is 6.73. The van der Waals surface area contributed by atoms with E-state index >= 15 is 0 Å². The van der Waals surface area contributed by atoms with Crippen LogP contribution in [0.3, 0.4) is 0 Å². The van der Waals surface area contributed by atoms with Gasteiger partial charge in [-0.15, -0.1) is 0 Å². The topological polar surface area (TPSA) is 50.4 Å². The summed E-state index contributed by atoms with van der Waals surface area (Å²) in [4.78, 5) is 11.9. The minimum absolute atomic E-state index is 0.00799. The van der Waals surface area contributed by atoms with Crippen molar-refractivity contribution in [3.63, 3.8) is 0 Å². The number of rotatable bonds is 5. The van der Waals surface area contributed by atoms with Gasteiger partial charge in [0, 0.05) is 0 Å². The zero-order valence-corrected chi connectivity index (χ0v) is 15.5. The number of esters is 1. The van der Waals surface area contributed by atoms with Crippen molar-refractivity contribution in [1.82, 2.24) is 10.6 Å². The third-order valence-corrected chi connectivity index (χ3v) is 4.83. The van der Waals surface area contributed by atoms with Crippen molar-refractivity contribution in [3.8, 4) is 0 Å². The van der Waals surface area contributed by atoms with Gasteiger partial charge in [0.15, 0.2) is 5.11 Å². The molecular weight excluding hydrogens is 375 g/mol. The molecule has 0 saturated carbocycles. The highest BCUT2D eigenvalue weighted by molar-refractivity contribution is 7.80. The van der Waals surface area contributed by atoms with Gasteiger partial charge in [-0.1, -0.05) is 35.9 Å². The number of nitrogens with one attached hydrogen (secondary N) is 2. The van der Waals surface area contributed by atoms with Gasteiger partial charge in [-0.25, -0.2) is 9.18 Å². The number of fused-ring (bicyclic) bond motifs is 1. The van der Waals surface area contributed by atoms with Crippen LogP contribution in [0.25, 0.3) is 0 Å². The summed E-state index contributed by atoms with van der Waals surface area (Å²) in [7, 11) is 0. The SMILES string of the molecule is O=C(OCCNC(=S)NC1CCc2c(F)cccc21)c1ccccc1Cl. The number of carbonyl (C=O) groups is 1. The van der Waals surface area contributed by atoms with Gasteiger partial charge in [0.05, 0.1) is 23.2 Å². The quantitative estimate of drug-likeness (QED) is 0.460. The Bertz CT molecular complexity index is 831. The van der Waals surface area contributed by atoms with Gasteiger partial charge in [-0.05, 0) is 54.4 Å². The molecule has 1 atom stereocenters. The molecule has 1 aliphatic carbocycles. The van der Waals surface area contributed by atoms with Gasteiger partial charge < -0.3 is 15.4 Å². The Morgan fingerprint density at radius 3 is 2.88 bits per heavy atom. The van der Waals surface area contributed by atoms with E-state index < -0.39 is 5.97 Å². The van der Waals surface area contributed by atoms with E-state index in [9.17, 15) is 9.18 Å². The van der Waals surface area contributed by atoms with Crippen LogP contribution in [0.1, 0.15) is 33.9 Å². The summed E-state index contributed by atoms with van der Waals surface area (Å²) in [6.07, 6.45) is 1.48. The second kappa shape index (κ2) is 8.47. The Morgan fingerprint density at radius 2 is 2.08 bits per heavy atom. The van der Waals surface area contributed by atoms with Crippen LogP contribution >= 0.6 is 23.8 Å². The number of hydrogen-bond donors (Lipinski definition) is 2. The normalized spacial score (nSPS) is 15.2. The monoisotopic (exact) mass is 392 g/mol. The molecule has 1 aliphatic rings. The van der Waals surface area contributed by atoms with Gasteiger partial charge in [0.1, 0.15) is 12.4 Å². The molecule has 3 rings (SSSR count). The lowest BCUT2D eigenvalue weighted by molar-refractivity contribution is 0.0513.